The van der Waals surface area contributed by atoms with Gasteiger partial charge in [-0.2, -0.15) is 0 Å². The third-order valence-electron chi connectivity index (χ3n) is 2.79. The highest BCUT2D eigenvalue weighted by atomic mass is 127. The second-order valence-corrected chi connectivity index (χ2v) is 7.19. The lowest BCUT2D eigenvalue weighted by Crippen LogP contribution is -3.00. The van der Waals surface area contributed by atoms with Crippen LogP contribution in [0.15, 0.2) is 30.3 Å². The summed E-state index contributed by atoms with van der Waals surface area (Å²) in [5.74, 6) is 0.0492. The molecule has 1 rings (SSSR count). The zero-order valence-corrected chi connectivity index (χ0v) is 16.1. The van der Waals surface area contributed by atoms with Crippen LogP contribution in [0.3, 0.4) is 0 Å². The Kier molecular flexibility index (Phi) is 9.40. The van der Waals surface area contributed by atoms with Gasteiger partial charge in [-0.05, 0) is 6.42 Å². The summed E-state index contributed by atoms with van der Waals surface area (Å²) in [6.07, 6.45) is 1.35. The summed E-state index contributed by atoms with van der Waals surface area (Å²) < 4.78 is 0.662. The number of benzene rings is 1. The summed E-state index contributed by atoms with van der Waals surface area (Å²) in [5, 5.41) is -0.202. The first-order valence-corrected chi connectivity index (χ1v) is 7.80. The SMILES string of the molecule is CCCC(=O)SC(C[N+](C)(C)C)C(=O)c1ccccc1.[I-]. The van der Waals surface area contributed by atoms with E-state index in [1.807, 2.05) is 58.4 Å². The minimum absolute atomic E-state index is 0. The van der Waals surface area contributed by atoms with Gasteiger partial charge in [0.05, 0.1) is 27.7 Å². The van der Waals surface area contributed by atoms with Crippen LogP contribution < -0.4 is 24.0 Å². The fraction of sp³-hybridized carbons (Fsp3) is 0.500. The molecule has 0 heterocycles. The lowest BCUT2D eigenvalue weighted by atomic mass is 10.1. The molecule has 21 heavy (non-hydrogen) atoms. The molecule has 0 saturated heterocycles. The number of hydrogen-bond acceptors (Lipinski definition) is 3. The van der Waals surface area contributed by atoms with Crippen LogP contribution in [0.2, 0.25) is 0 Å². The first kappa shape index (κ1) is 20.6. The topological polar surface area (TPSA) is 34.1 Å². The van der Waals surface area contributed by atoms with Gasteiger partial charge in [-0.3, -0.25) is 9.59 Å². The molecule has 5 heteroatoms. The van der Waals surface area contributed by atoms with Gasteiger partial charge in [-0.1, -0.05) is 49.0 Å². The monoisotopic (exact) mass is 421 g/mol. The molecule has 0 N–H and O–H groups in total. The fourth-order valence-corrected chi connectivity index (χ4v) is 3.29. The fourth-order valence-electron chi connectivity index (χ4n) is 1.88. The number of Topliss-reactive ketones (excluding diaryl/α,β-unsaturated/α-hetero) is 1. The van der Waals surface area contributed by atoms with Crippen molar-refractivity contribution in [2.45, 2.75) is 25.0 Å². The first-order valence-electron chi connectivity index (χ1n) is 6.92. The van der Waals surface area contributed by atoms with Gasteiger partial charge in [0.25, 0.3) is 0 Å². The van der Waals surface area contributed by atoms with Crippen molar-refractivity contribution in [1.29, 1.82) is 0 Å². The maximum absolute atomic E-state index is 12.6. The molecule has 3 nitrogen and oxygen atoms in total. The second-order valence-electron chi connectivity index (χ2n) is 5.93. The van der Waals surface area contributed by atoms with Gasteiger partial charge in [0.1, 0.15) is 5.25 Å². The molecular weight excluding hydrogens is 397 g/mol. The van der Waals surface area contributed by atoms with Crippen molar-refractivity contribution in [2.75, 3.05) is 27.7 Å². The maximum atomic E-state index is 12.6. The molecule has 0 saturated carbocycles. The molecule has 0 aliphatic heterocycles. The van der Waals surface area contributed by atoms with E-state index in [4.69, 9.17) is 0 Å². The molecule has 0 amide bonds. The largest absolute Gasteiger partial charge is 1.00 e. The molecule has 1 aromatic rings. The summed E-state index contributed by atoms with van der Waals surface area (Å²) in [6, 6.07) is 9.23. The molecule has 0 bridgehead atoms. The zero-order valence-electron chi connectivity index (χ0n) is 13.1. The number of rotatable bonds is 7. The Balaban J connectivity index is 0.00000400. The molecule has 118 valence electrons. The molecule has 0 aliphatic rings. The Labute approximate surface area is 149 Å². The van der Waals surface area contributed by atoms with E-state index in [1.165, 1.54) is 11.8 Å². The van der Waals surface area contributed by atoms with Gasteiger partial charge >= 0.3 is 0 Å². The van der Waals surface area contributed by atoms with E-state index >= 15 is 0 Å². The van der Waals surface area contributed by atoms with E-state index in [9.17, 15) is 9.59 Å². The van der Waals surface area contributed by atoms with Crippen LogP contribution in [0, 0.1) is 0 Å². The van der Waals surface area contributed by atoms with Gasteiger partial charge in [-0.25, -0.2) is 0 Å². The summed E-state index contributed by atoms with van der Waals surface area (Å²) in [4.78, 5) is 24.5. The maximum Gasteiger partial charge on any atom is 0.189 e. The number of carbonyl (C=O) groups is 2. The third-order valence-corrected chi connectivity index (χ3v) is 3.91. The standard InChI is InChI=1S/C16H24NO2S.HI/c1-5-9-15(18)20-14(12-17(2,3)4)16(19)13-10-7-6-8-11-13;/h6-8,10-11,14H,5,9,12H2,1-4H3;1H/q+1;/p-1. The van der Waals surface area contributed by atoms with Crippen molar-refractivity contribution >= 4 is 22.7 Å². The number of hydrogen-bond donors (Lipinski definition) is 0. The molecule has 0 aromatic heterocycles. The van der Waals surface area contributed by atoms with E-state index in [1.54, 1.807) is 0 Å². The highest BCUT2D eigenvalue weighted by molar-refractivity contribution is 8.14. The van der Waals surface area contributed by atoms with E-state index in [0.29, 0.717) is 23.0 Å². The van der Waals surface area contributed by atoms with Crippen molar-refractivity contribution < 1.29 is 38.0 Å². The summed E-state index contributed by atoms with van der Waals surface area (Å²) >= 11 is 1.20. The van der Waals surface area contributed by atoms with E-state index in [2.05, 4.69) is 0 Å². The Bertz CT molecular complexity index is 457. The molecule has 0 radical (unpaired) electrons. The number of nitrogens with zero attached hydrogens (tertiary/aromatic N) is 1. The Morgan fingerprint density at radius 2 is 1.71 bits per heavy atom. The average molecular weight is 421 g/mol. The minimum Gasteiger partial charge on any atom is -1.00 e. The molecule has 0 fully saturated rings. The summed E-state index contributed by atoms with van der Waals surface area (Å²) in [6.45, 7) is 2.63. The lowest BCUT2D eigenvalue weighted by Gasteiger charge is -2.28. The average Bonchev–Trinajstić information content (AvgIpc) is 2.37. The molecule has 1 aromatic carbocycles. The minimum atomic E-state index is -0.309. The molecule has 1 unspecified atom stereocenters. The number of thioether (sulfide) groups is 1. The van der Waals surface area contributed by atoms with Crippen LogP contribution in [0.4, 0.5) is 0 Å². The van der Waals surface area contributed by atoms with Crippen molar-refractivity contribution in [2.24, 2.45) is 0 Å². The molecular formula is C16H24INO2S. The first-order chi connectivity index (χ1) is 9.33. The van der Waals surface area contributed by atoms with E-state index < -0.39 is 0 Å². The van der Waals surface area contributed by atoms with Crippen LogP contribution in [-0.4, -0.2) is 48.3 Å². The van der Waals surface area contributed by atoms with Gasteiger partial charge in [0.15, 0.2) is 10.9 Å². The second kappa shape index (κ2) is 9.58. The number of halogens is 1. The van der Waals surface area contributed by atoms with Crippen LogP contribution in [0.1, 0.15) is 30.1 Å². The van der Waals surface area contributed by atoms with Crippen molar-refractivity contribution in [1.82, 2.24) is 0 Å². The van der Waals surface area contributed by atoms with Gasteiger partial charge in [0, 0.05) is 12.0 Å². The molecule has 1 atom stereocenters. The van der Waals surface area contributed by atoms with Crippen LogP contribution in [0.5, 0.6) is 0 Å². The Morgan fingerprint density at radius 1 is 1.14 bits per heavy atom. The van der Waals surface area contributed by atoms with Crippen molar-refractivity contribution in [3.63, 3.8) is 0 Å². The number of ketones is 1. The highest BCUT2D eigenvalue weighted by Gasteiger charge is 2.28. The third kappa shape index (κ3) is 7.97. The van der Waals surface area contributed by atoms with Gasteiger partial charge in [-0.15, -0.1) is 0 Å². The Morgan fingerprint density at radius 3 is 2.19 bits per heavy atom. The summed E-state index contributed by atoms with van der Waals surface area (Å²) in [7, 11) is 6.11. The molecule has 0 spiro atoms. The predicted octanol–water partition coefficient (Wildman–Crippen LogP) is 0.00800. The van der Waals surface area contributed by atoms with Crippen LogP contribution in [-0.2, 0) is 4.79 Å². The quantitative estimate of drug-likeness (QED) is 0.354. The van der Waals surface area contributed by atoms with Crippen molar-refractivity contribution in [3.05, 3.63) is 35.9 Å². The zero-order chi connectivity index (χ0) is 15.2. The van der Waals surface area contributed by atoms with Gasteiger partial charge < -0.3 is 28.5 Å². The predicted molar refractivity (Wildman–Crippen MR) is 85.0 cm³/mol. The van der Waals surface area contributed by atoms with Crippen LogP contribution in [0.25, 0.3) is 0 Å². The van der Waals surface area contributed by atoms with E-state index in [0.717, 1.165) is 6.42 Å². The van der Waals surface area contributed by atoms with Gasteiger partial charge in [0.2, 0.25) is 0 Å². The smallest absolute Gasteiger partial charge is 0.189 e. The highest BCUT2D eigenvalue weighted by Crippen LogP contribution is 2.21. The summed E-state index contributed by atoms with van der Waals surface area (Å²) in [5.41, 5.74) is 0.683. The Hall–Kier alpha value is -0.400. The number of quaternary nitrogens is 1. The number of carbonyl (C=O) groups excluding carboxylic acids is 2. The normalized spacial score (nSPS) is 12.4. The van der Waals surface area contributed by atoms with E-state index in [-0.39, 0.29) is 40.1 Å². The lowest BCUT2D eigenvalue weighted by molar-refractivity contribution is -0.868. The molecule has 0 aliphatic carbocycles. The van der Waals surface area contributed by atoms with Crippen molar-refractivity contribution in [3.8, 4) is 0 Å². The van der Waals surface area contributed by atoms with Crippen LogP contribution >= 0.6 is 11.8 Å².